The van der Waals surface area contributed by atoms with Crippen LogP contribution in [0.25, 0.3) is 0 Å². The summed E-state index contributed by atoms with van der Waals surface area (Å²) >= 11 is 0. The molecule has 0 radical (unpaired) electrons. The predicted octanol–water partition coefficient (Wildman–Crippen LogP) is 2.12. The molecular weight excluding hydrogens is 280 g/mol. The summed E-state index contributed by atoms with van der Waals surface area (Å²) in [6.07, 6.45) is 5.87. The Balaban J connectivity index is 1.78. The number of rotatable bonds is 1. The van der Waals surface area contributed by atoms with E-state index in [-0.39, 0.29) is 11.4 Å². The minimum atomic E-state index is -0.166. The van der Waals surface area contributed by atoms with Crippen LogP contribution < -0.4 is 5.32 Å². The molecular formula is C15H20N6O. The Labute approximate surface area is 129 Å². The summed E-state index contributed by atoms with van der Waals surface area (Å²) in [4.78, 5) is 22.6. The van der Waals surface area contributed by atoms with Gasteiger partial charge in [-0.15, -0.1) is 0 Å². The van der Waals surface area contributed by atoms with Crippen molar-refractivity contribution in [1.29, 1.82) is 0 Å². The molecule has 22 heavy (non-hydrogen) atoms. The van der Waals surface area contributed by atoms with Gasteiger partial charge in [-0.05, 0) is 18.8 Å². The van der Waals surface area contributed by atoms with Gasteiger partial charge in [-0.3, -0.25) is 15.4 Å². The lowest BCUT2D eigenvalue weighted by atomic mass is 9.88. The maximum Gasteiger partial charge on any atom is 0.323 e. The first-order valence-electron chi connectivity index (χ1n) is 7.29. The second-order valence-corrected chi connectivity index (χ2v) is 6.54. The summed E-state index contributed by atoms with van der Waals surface area (Å²) in [6.45, 7) is 7.36. The first kappa shape index (κ1) is 14.5. The molecule has 2 aromatic rings. The van der Waals surface area contributed by atoms with E-state index in [0.717, 1.165) is 23.4 Å². The monoisotopic (exact) mass is 300 g/mol. The molecule has 0 aromatic carbocycles. The number of anilines is 1. The summed E-state index contributed by atoms with van der Waals surface area (Å²) in [5.74, 6) is 0.463. The fourth-order valence-corrected chi connectivity index (χ4v) is 2.73. The van der Waals surface area contributed by atoms with Gasteiger partial charge in [-0.2, -0.15) is 5.10 Å². The molecule has 1 aliphatic rings. The molecule has 1 aliphatic heterocycles. The Morgan fingerprint density at radius 1 is 1.32 bits per heavy atom. The van der Waals surface area contributed by atoms with Gasteiger partial charge in [0.05, 0.1) is 30.8 Å². The van der Waals surface area contributed by atoms with Crippen molar-refractivity contribution < 1.29 is 4.79 Å². The number of carbonyl (C=O) groups excluding carboxylic acids is 1. The summed E-state index contributed by atoms with van der Waals surface area (Å²) in [5, 5.41) is 9.94. The first-order valence-corrected chi connectivity index (χ1v) is 7.29. The molecule has 3 heterocycles. The number of hydrogen-bond donors (Lipinski definition) is 2. The third-order valence-corrected chi connectivity index (χ3v) is 3.75. The molecule has 3 rings (SSSR count). The molecule has 2 aromatic heterocycles. The van der Waals surface area contributed by atoms with Gasteiger partial charge < -0.3 is 4.90 Å². The standard InChI is InChI=1S/C15H20N6O/c1-10-5-17-13(7-16-10)19-14(22)21-8-11-6-18-20-12(11)4-15(2,3)9-21/h5-7H,4,8-9H2,1-3H3,(H,18,20)(H,17,19,22). The molecule has 0 saturated heterocycles. The number of carbonyl (C=O) groups is 1. The van der Waals surface area contributed by atoms with E-state index in [2.05, 4.69) is 39.3 Å². The van der Waals surface area contributed by atoms with Crippen molar-refractivity contribution in [2.24, 2.45) is 5.41 Å². The molecule has 0 aliphatic carbocycles. The highest BCUT2D eigenvalue weighted by molar-refractivity contribution is 5.88. The molecule has 0 saturated carbocycles. The number of nitrogens with zero attached hydrogens (tertiary/aromatic N) is 4. The average Bonchev–Trinajstić information content (AvgIpc) is 2.81. The molecule has 7 nitrogen and oxygen atoms in total. The van der Waals surface area contributed by atoms with Crippen LogP contribution in [0.4, 0.5) is 10.6 Å². The van der Waals surface area contributed by atoms with Crippen LogP contribution in [0.3, 0.4) is 0 Å². The third kappa shape index (κ3) is 3.08. The molecule has 0 bridgehead atoms. The normalized spacial score (nSPS) is 16.8. The number of H-pyrrole nitrogens is 1. The van der Waals surface area contributed by atoms with Crippen molar-refractivity contribution >= 4 is 11.8 Å². The Bertz CT molecular complexity index is 676. The number of aromatic amines is 1. The zero-order valence-corrected chi connectivity index (χ0v) is 13.1. The molecule has 116 valence electrons. The van der Waals surface area contributed by atoms with Gasteiger partial charge >= 0.3 is 6.03 Å². The highest BCUT2D eigenvalue weighted by Gasteiger charge is 2.31. The van der Waals surface area contributed by atoms with Gasteiger partial charge in [-0.1, -0.05) is 13.8 Å². The second kappa shape index (κ2) is 5.40. The summed E-state index contributed by atoms with van der Waals surface area (Å²) in [5.41, 5.74) is 2.97. The Kier molecular flexibility index (Phi) is 3.56. The van der Waals surface area contributed by atoms with Gasteiger partial charge in [0.15, 0.2) is 5.82 Å². The number of hydrogen-bond acceptors (Lipinski definition) is 4. The number of urea groups is 1. The topological polar surface area (TPSA) is 86.8 Å². The summed E-state index contributed by atoms with van der Waals surface area (Å²) < 4.78 is 0. The maximum atomic E-state index is 12.5. The third-order valence-electron chi connectivity index (χ3n) is 3.75. The van der Waals surface area contributed by atoms with Crippen LogP contribution in [0.1, 0.15) is 30.8 Å². The highest BCUT2D eigenvalue weighted by atomic mass is 16.2. The van der Waals surface area contributed by atoms with Gasteiger partial charge in [0.2, 0.25) is 0 Å². The number of nitrogens with one attached hydrogen (secondary N) is 2. The van der Waals surface area contributed by atoms with E-state index in [1.165, 1.54) is 0 Å². The van der Waals surface area contributed by atoms with E-state index in [9.17, 15) is 4.79 Å². The largest absolute Gasteiger partial charge is 0.323 e. The molecule has 2 amide bonds. The zero-order chi connectivity index (χ0) is 15.7. The summed E-state index contributed by atoms with van der Waals surface area (Å²) in [6, 6.07) is -0.166. The molecule has 0 spiro atoms. The minimum Gasteiger partial charge on any atom is -0.319 e. The lowest BCUT2D eigenvalue weighted by molar-refractivity contribution is 0.180. The quantitative estimate of drug-likeness (QED) is 0.844. The highest BCUT2D eigenvalue weighted by Crippen LogP contribution is 2.29. The zero-order valence-electron chi connectivity index (χ0n) is 13.1. The van der Waals surface area contributed by atoms with E-state index in [4.69, 9.17) is 0 Å². The van der Waals surface area contributed by atoms with Crippen LogP contribution in [0.5, 0.6) is 0 Å². The lowest BCUT2D eigenvalue weighted by Crippen LogP contribution is -2.40. The number of aromatic nitrogens is 4. The van der Waals surface area contributed by atoms with Crippen molar-refractivity contribution in [2.75, 3.05) is 11.9 Å². The van der Waals surface area contributed by atoms with Crippen molar-refractivity contribution in [3.63, 3.8) is 0 Å². The minimum absolute atomic E-state index is 0.0198. The maximum absolute atomic E-state index is 12.5. The molecule has 2 N–H and O–H groups in total. The predicted molar refractivity (Wildman–Crippen MR) is 82.3 cm³/mol. The van der Waals surface area contributed by atoms with Gasteiger partial charge in [0.1, 0.15) is 0 Å². The van der Waals surface area contributed by atoms with Crippen molar-refractivity contribution in [3.05, 3.63) is 35.5 Å². The van der Waals surface area contributed by atoms with Crippen LogP contribution in [-0.2, 0) is 13.0 Å². The van der Waals surface area contributed by atoms with Crippen molar-refractivity contribution in [2.45, 2.75) is 33.7 Å². The van der Waals surface area contributed by atoms with Crippen LogP contribution in [0.2, 0.25) is 0 Å². The Morgan fingerprint density at radius 2 is 2.14 bits per heavy atom. The van der Waals surface area contributed by atoms with Crippen LogP contribution in [-0.4, -0.2) is 37.6 Å². The fraction of sp³-hybridized carbons (Fsp3) is 0.467. The molecule has 0 atom stereocenters. The number of amides is 2. The number of fused-ring (bicyclic) bond motifs is 1. The van der Waals surface area contributed by atoms with E-state index >= 15 is 0 Å². The van der Waals surface area contributed by atoms with Crippen LogP contribution >= 0.6 is 0 Å². The molecule has 0 fully saturated rings. The van der Waals surface area contributed by atoms with E-state index in [0.29, 0.717) is 18.9 Å². The average molecular weight is 300 g/mol. The van der Waals surface area contributed by atoms with Crippen LogP contribution in [0.15, 0.2) is 18.6 Å². The van der Waals surface area contributed by atoms with Gasteiger partial charge in [0, 0.05) is 17.8 Å². The van der Waals surface area contributed by atoms with E-state index < -0.39 is 0 Å². The lowest BCUT2D eigenvalue weighted by Gasteiger charge is -2.29. The van der Waals surface area contributed by atoms with E-state index in [1.54, 1.807) is 23.5 Å². The number of aryl methyl sites for hydroxylation is 1. The van der Waals surface area contributed by atoms with Gasteiger partial charge in [0.25, 0.3) is 0 Å². The van der Waals surface area contributed by atoms with Crippen LogP contribution in [0, 0.1) is 12.3 Å². The van der Waals surface area contributed by atoms with Gasteiger partial charge in [-0.25, -0.2) is 9.78 Å². The molecule has 0 unspecified atom stereocenters. The smallest absolute Gasteiger partial charge is 0.319 e. The summed E-state index contributed by atoms with van der Waals surface area (Å²) in [7, 11) is 0. The molecule has 7 heteroatoms. The second-order valence-electron chi connectivity index (χ2n) is 6.54. The SMILES string of the molecule is Cc1cnc(NC(=O)N2Cc3cn[nH]c3CC(C)(C)C2)cn1. The van der Waals surface area contributed by atoms with Crippen molar-refractivity contribution in [3.8, 4) is 0 Å². The fourth-order valence-electron chi connectivity index (χ4n) is 2.73. The first-order chi connectivity index (χ1) is 10.4. The Morgan fingerprint density at radius 3 is 2.86 bits per heavy atom. The Hall–Kier alpha value is -2.44. The van der Waals surface area contributed by atoms with Crippen molar-refractivity contribution in [1.82, 2.24) is 25.1 Å². The van der Waals surface area contributed by atoms with E-state index in [1.807, 2.05) is 6.92 Å².